The van der Waals surface area contributed by atoms with E-state index in [9.17, 15) is 9.59 Å². The lowest BCUT2D eigenvalue weighted by Crippen LogP contribution is -2.46. The lowest BCUT2D eigenvalue weighted by atomic mass is 9.86. The quantitative estimate of drug-likeness (QED) is 0.431. The Morgan fingerprint density at radius 1 is 1.06 bits per heavy atom. The van der Waals surface area contributed by atoms with E-state index >= 15 is 0 Å². The molecule has 2 heterocycles. The highest BCUT2D eigenvalue weighted by Crippen LogP contribution is 2.48. The number of nitrogens with zero attached hydrogens (tertiary/aromatic N) is 1. The van der Waals surface area contributed by atoms with Gasteiger partial charge < -0.3 is 19.1 Å². The van der Waals surface area contributed by atoms with Gasteiger partial charge in [-0.1, -0.05) is 55.8 Å². The van der Waals surface area contributed by atoms with Crippen LogP contribution in [0, 0.1) is 12.8 Å². The molecule has 35 heavy (non-hydrogen) atoms. The second kappa shape index (κ2) is 9.10. The van der Waals surface area contributed by atoms with E-state index in [0.717, 1.165) is 23.2 Å². The second-order valence-electron chi connectivity index (χ2n) is 9.57. The van der Waals surface area contributed by atoms with E-state index in [0.29, 0.717) is 35.1 Å². The highest BCUT2D eigenvalue weighted by Gasteiger charge is 2.55. The van der Waals surface area contributed by atoms with Crippen LogP contribution in [0.5, 0.6) is 11.5 Å². The standard InChI is InChI=1S/C29H29NO5/c1-19(2)14-15-30-24-13-12-20(3)16-23(24)29(28(30)32,35-27(31)21-8-5-4-6-9-21)17-22-10-7-11-25-26(22)34-18-33-25/h4-13,16,19H,14-15,17-18H2,1-3H3. The molecule has 3 aromatic carbocycles. The lowest BCUT2D eigenvalue weighted by Gasteiger charge is -2.29. The summed E-state index contributed by atoms with van der Waals surface area (Å²) in [5, 5.41) is 0. The van der Waals surface area contributed by atoms with Crippen LogP contribution in [-0.2, 0) is 21.6 Å². The molecule has 1 atom stereocenters. The van der Waals surface area contributed by atoms with E-state index in [1.165, 1.54) is 0 Å². The molecule has 0 N–H and O–H groups in total. The molecule has 5 rings (SSSR count). The van der Waals surface area contributed by atoms with Crippen LogP contribution in [0.15, 0.2) is 66.7 Å². The van der Waals surface area contributed by atoms with Crippen molar-refractivity contribution in [1.29, 1.82) is 0 Å². The fourth-order valence-electron chi connectivity index (χ4n) is 4.76. The maximum absolute atomic E-state index is 14.3. The Balaban J connectivity index is 1.64. The Morgan fingerprint density at radius 3 is 2.63 bits per heavy atom. The number of fused-ring (bicyclic) bond motifs is 2. The SMILES string of the molecule is Cc1ccc2c(c1)C(Cc1cccc3c1OCO3)(OC(=O)c1ccccc1)C(=O)N2CCC(C)C. The van der Waals surface area contributed by atoms with E-state index in [1.807, 2.05) is 49.4 Å². The summed E-state index contributed by atoms with van der Waals surface area (Å²) in [6.45, 7) is 6.90. The highest BCUT2D eigenvalue weighted by molar-refractivity contribution is 6.09. The number of hydrogen-bond acceptors (Lipinski definition) is 5. The first-order chi connectivity index (χ1) is 16.9. The van der Waals surface area contributed by atoms with Crippen molar-refractivity contribution < 1.29 is 23.8 Å². The van der Waals surface area contributed by atoms with Gasteiger partial charge in [0.2, 0.25) is 12.4 Å². The number of benzene rings is 3. The van der Waals surface area contributed by atoms with Crippen LogP contribution < -0.4 is 14.4 Å². The maximum atomic E-state index is 14.3. The van der Waals surface area contributed by atoms with Crippen molar-refractivity contribution >= 4 is 17.6 Å². The molecule has 0 bridgehead atoms. The van der Waals surface area contributed by atoms with E-state index in [-0.39, 0.29) is 19.1 Å². The van der Waals surface area contributed by atoms with Gasteiger partial charge in [-0.15, -0.1) is 0 Å². The molecule has 0 aliphatic carbocycles. The summed E-state index contributed by atoms with van der Waals surface area (Å²) in [5.41, 5.74) is 2.10. The molecular formula is C29H29NO5. The molecule has 180 valence electrons. The minimum Gasteiger partial charge on any atom is -0.454 e. The van der Waals surface area contributed by atoms with E-state index in [1.54, 1.807) is 29.2 Å². The van der Waals surface area contributed by atoms with Crippen LogP contribution in [0.4, 0.5) is 5.69 Å². The summed E-state index contributed by atoms with van der Waals surface area (Å²) >= 11 is 0. The van der Waals surface area contributed by atoms with Gasteiger partial charge in [0.05, 0.1) is 11.3 Å². The van der Waals surface area contributed by atoms with Crippen molar-refractivity contribution in [3.05, 3.63) is 89.0 Å². The van der Waals surface area contributed by atoms with Crippen molar-refractivity contribution in [1.82, 2.24) is 0 Å². The van der Waals surface area contributed by atoms with Gasteiger partial charge in [0.1, 0.15) is 0 Å². The summed E-state index contributed by atoms with van der Waals surface area (Å²) in [4.78, 5) is 29.4. The van der Waals surface area contributed by atoms with Gasteiger partial charge in [-0.25, -0.2) is 4.79 Å². The van der Waals surface area contributed by atoms with Gasteiger partial charge in [0.25, 0.3) is 5.91 Å². The summed E-state index contributed by atoms with van der Waals surface area (Å²) in [7, 11) is 0. The number of para-hydroxylation sites is 1. The summed E-state index contributed by atoms with van der Waals surface area (Å²) in [6.07, 6.45) is 0.977. The first-order valence-electron chi connectivity index (χ1n) is 12.0. The molecule has 6 heteroatoms. The van der Waals surface area contributed by atoms with E-state index < -0.39 is 11.6 Å². The third-order valence-corrected chi connectivity index (χ3v) is 6.59. The molecular weight excluding hydrogens is 442 g/mol. The zero-order chi connectivity index (χ0) is 24.6. The number of carbonyl (C=O) groups excluding carboxylic acids is 2. The monoisotopic (exact) mass is 471 g/mol. The van der Waals surface area contributed by atoms with Gasteiger partial charge in [-0.2, -0.15) is 0 Å². The maximum Gasteiger partial charge on any atom is 0.339 e. The largest absolute Gasteiger partial charge is 0.454 e. The number of esters is 1. The van der Waals surface area contributed by atoms with Gasteiger partial charge in [-0.05, 0) is 49.6 Å². The summed E-state index contributed by atoms with van der Waals surface area (Å²) < 4.78 is 17.6. The Hall–Kier alpha value is -3.80. The summed E-state index contributed by atoms with van der Waals surface area (Å²) in [6, 6.07) is 20.3. The van der Waals surface area contributed by atoms with Gasteiger partial charge in [0.15, 0.2) is 11.5 Å². The average molecular weight is 472 g/mol. The second-order valence-corrected chi connectivity index (χ2v) is 9.57. The Kier molecular flexibility index (Phi) is 5.97. The molecule has 0 spiro atoms. The molecule has 2 aliphatic rings. The third-order valence-electron chi connectivity index (χ3n) is 6.59. The first kappa shape index (κ1) is 23.0. The fourth-order valence-corrected chi connectivity index (χ4v) is 4.76. The van der Waals surface area contributed by atoms with Crippen LogP contribution in [0.1, 0.15) is 47.3 Å². The molecule has 1 unspecified atom stereocenters. The molecule has 0 radical (unpaired) electrons. The predicted molar refractivity (Wildman–Crippen MR) is 133 cm³/mol. The molecule has 2 aliphatic heterocycles. The third kappa shape index (κ3) is 4.14. The number of ether oxygens (including phenoxy) is 3. The Morgan fingerprint density at radius 2 is 1.86 bits per heavy atom. The van der Waals surface area contributed by atoms with Crippen LogP contribution in [0.25, 0.3) is 0 Å². The topological polar surface area (TPSA) is 65.1 Å². The van der Waals surface area contributed by atoms with E-state index in [2.05, 4.69) is 13.8 Å². The average Bonchev–Trinajstić information content (AvgIpc) is 3.41. The van der Waals surface area contributed by atoms with Crippen molar-refractivity contribution in [3.63, 3.8) is 0 Å². The van der Waals surface area contributed by atoms with Gasteiger partial charge in [0, 0.05) is 24.1 Å². The Labute approximate surface area is 205 Å². The number of carbonyl (C=O) groups is 2. The Bertz CT molecular complexity index is 1270. The van der Waals surface area contributed by atoms with Crippen molar-refractivity contribution in [2.45, 2.75) is 39.2 Å². The number of amides is 1. The number of anilines is 1. The predicted octanol–water partition coefficient (Wildman–Crippen LogP) is 5.41. The number of aryl methyl sites for hydroxylation is 1. The van der Waals surface area contributed by atoms with Crippen LogP contribution in [0.2, 0.25) is 0 Å². The van der Waals surface area contributed by atoms with Gasteiger partial charge >= 0.3 is 5.97 Å². The van der Waals surface area contributed by atoms with Crippen LogP contribution >= 0.6 is 0 Å². The van der Waals surface area contributed by atoms with Crippen molar-refractivity contribution in [2.24, 2.45) is 5.92 Å². The molecule has 3 aromatic rings. The smallest absolute Gasteiger partial charge is 0.339 e. The summed E-state index contributed by atoms with van der Waals surface area (Å²) in [5.74, 6) is 0.854. The normalized spacial score (nSPS) is 18.2. The molecule has 0 saturated carbocycles. The minimum atomic E-state index is -1.52. The molecule has 0 fully saturated rings. The number of hydrogen-bond donors (Lipinski definition) is 0. The highest BCUT2D eigenvalue weighted by atomic mass is 16.7. The zero-order valence-electron chi connectivity index (χ0n) is 20.2. The molecule has 1 amide bonds. The lowest BCUT2D eigenvalue weighted by molar-refractivity contribution is -0.137. The zero-order valence-corrected chi connectivity index (χ0v) is 20.2. The van der Waals surface area contributed by atoms with Crippen molar-refractivity contribution in [2.75, 3.05) is 18.2 Å². The minimum absolute atomic E-state index is 0.118. The number of rotatable bonds is 7. The van der Waals surface area contributed by atoms with Gasteiger partial charge in [-0.3, -0.25) is 4.79 Å². The molecule has 0 saturated heterocycles. The molecule has 0 aromatic heterocycles. The van der Waals surface area contributed by atoms with Crippen LogP contribution in [0.3, 0.4) is 0 Å². The first-order valence-corrected chi connectivity index (χ1v) is 12.0. The fraction of sp³-hybridized carbons (Fsp3) is 0.310. The van der Waals surface area contributed by atoms with Crippen molar-refractivity contribution in [3.8, 4) is 11.5 Å². The van der Waals surface area contributed by atoms with Crippen LogP contribution in [-0.4, -0.2) is 25.2 Å². The molecule has 6 nitrogen and oxygen atoms in total. The van der Waals surface area contributed by atoms with E-state index in [4.69, 9.17) is 14.2 Å².